The normalized spacial score (nSPS) is 13.8. The summed E-state index contributed by atoms with van der Waals surface area (Å²) < 4.78 is 55.2. The monoisotopic (exact) mass is 318 g/mol. The predicted molar refractivity (Wildman–Crippen MR) is 66.8 cm³/mol. The van der Waals surface area contributed by atoms with E-state index in [1.54, 1.807) is 0 Å². The number of halogens is 4. The number of benzene rings is 1. The second-order valence-corrected chi connectivity index (χ2v) is 3.94. The predicted octanol–water partition coefficient (Wildman–Crippen LogP) is 2.70. The van der Waals surface area contributed by atoms with Gasteiger partial charge >= 0.3 is 6.36 Å². The highest BCUT2D eigenvalue weighted by molar-refractivity contribution is 6.02. The molecule has 0 amide bonds. The molecule has 1 unspecified atom stereocenters. The molecular formula is C12H10F4N4O2. The molecule has 0 saturated heterocycles. The Balaban J connectivity index is 2.24. The van der Waals surface area contributed by atoms with Gasteiger partial charge in [0.15, 0.2) is 0 Å². The topological polar surface area (TPSA) is 61.5 Å². The minimum atomic E-state index is -4.80. The van der Waals surface area contributed by atoms with Crippen LogP contribution in [0.15, 0.2) is 42.1 Å². The lowest BCUT2D eigenvalue weighted by Crippen LogP contribution is -2.18. The van der Waals surface area contributed by atoms with E-state index >= 15 is 0 Å². The van der Waals surface area contributed by atoms with Gasteiger partial charge in [-0.15, -0.1) is 13.2 Å². The lowest BCUT2D eigenvalue weighted by atomic mass is 10.1. The minimum absolute atomic E-state index is 0.174. The summed E-state index contributed by atoms with van der Waals surface area (Å²) in [6.07, 6.45) is -4.33. The molecule has 0 bridgehead atoms. The number of rotatable bonds is 5. The van der Waals surface area contributed by atoms with Gasteiger partial charge in [0.25, 0.3) is 0 Å². The first kappa shape index (κ1) is 15.7. The van der Waals surface area contributed by atoms with E-state index in [2.05, 4.69) is 24.8 Å². The smallest absolute Gasteiger partial charge is 0.406 e. The highest BCUT2D eigenvalue weighted by Crippen LogP contribution is 2.24. The minimum Gasteiger partial charge on any atom is -0.406 e. The lowest BCUT2D eigenvalue weighted by Gasteiger charge is -2.12. The first-order valence-electron chi connectivity index (χ1n) is 5.86. The molecule has 0 aliphatic carbocycles. The molecule has 1 atom stereocenters. The Labute approximate surface area is 122 Å². The van der Waals surface area contributed by atoms with Crippen molar-refractivity contribution in [3.05, 3.63) is 42.5 Å². The summed E-state index contributed by atoms with van der Waals surface area (Å²) in [5.41, 5.74) is 0.0333. The molecule has 10 heteroatoms. The molecule has 1 aromatic heterocycles. The van der Waals surface area contributed by atoms with Crippen molar-refractivity contribution in [2.24, 2.45) is 5.16 Å². The molecule has 1 heterocycles. The molecule has 118 valence electrons. The maximum absolute atomic E-state index is 14.3. The molecule has 0 saturated carbocycles. The van der Waals surface area contributed by atoms with Crippen LogP contribution < -0.4 is 4.74 Å². The fraction of sp³-hybridized carbons (Fsp3) is 0.250. The average molecular weight is 318 g/mol. The largest absolute Gasteiger partial charge is 0.573 e. The van der Waals surface area contributed by atoms with Crippen molar-refractivity contribution in [3.8, 4) is 5.75 Å². The van der Waals surface area contributed by atoms with Crippen molar-refractivity contribution in [1.82, 2.24) is 14.8 Å². The Morgan fingerprint density at radius 2 is 1.95 bits per heavy atom. The Bertz CT molecular complexity index is 626. The first-order chi connectivity index (χ1) is 10.4. The van der Waals surface area contributed by atoms with Crippen LogP contribution in [0.2, 0.25) is 0 Å². The molecule has 0 spiro atoms. The molecule has 0 aliphatic heterocycles. The zero-order chi connectivity index (χ0) is 16.2. The van der Waals surface area contributed by atoms with Gasteiger partial charge in [0.05, 0.1) is 0 Å². The zero-order valence-corrected chi connectivity index (χ0v) is 11.2. The summed E-state index contributed by atoms with van der Waals surface area (Å²) in [7, 11) is 1.22. The third kappa shape index (κ3) is 3.93. The number of alkyl halides is 4. The van der Waals surface area contributed by atoms with Gasteiger partial charge in [-0.05, 0) is 24.3 Å². The fourth-order valence-corrected chi connectivity index (χ4v) is 1.62. The number of aromatic nitrogens is 3. The Morgan fingerprint density at radius 1 is 1.27 bits per heavy atom. The van der Waals surface area contributed by atoms with E-state index in [9.17, 15) is 17.6 Å². The summed E-state index contributed by atoms with van der Waals surface area (Å²) in [5, 5.41) is 7.18. The van der Waals surface area contributed by atoms with Crippen molar-refractivity contribution in [2.75, 3.05) is 7.11 Å². The Hall–Kier alpha value is -2.65. The fourth-order valence-electron chi connectivity index (χ4n) is 1.62. The summed E-state index contributed by atoms with van der Waals surface area (Å²) in [6, 6.07) is 4.54. The van der Waals surface area contributed by atoms with Crippen molar-refractivity contribution in [1.29, 1.82) is 0 Å². The number of nitrogens with zero attached hydrogens (tertiary/aromatic N) is 4. The van der Waals surface area contributed by atoms with Gasteiger partial charge in [-0.1, -0.05) is 5.16 Å². The van der Waals surface area contributed by atoms with E-state index in [0.717, 1.165) is 29.5 Å². The van der Waals surface area contributed by atoms with E-state index in [0.29, 0.717) is 0 Å². The Morgan fingerprint density at radius 3 is 2.45 bits per heavy atom. The molecule has 0 radical (unpaired) electrons. The lowest BCUT2D eigenvalue weighted by molar-refractivity contribution is -0.274. The van der Waals surface area contributed by atoms with Gasteiger partial charge in [0.2, 0.25) is 6.30 Å². The van der Waals surface area contributed by atoms with Crippen LogP contribution in [0.5, 0.6) is 5.75 Å². The van der Waals surface area contributed by atoms with E-state index in [1.807, 2.05) is 0 Å². The van der Waals surface area contributed by atoms with E-state index in [4.69, 9.17) is 0 Å². The highest BCUT2D eigenvalue weighted by Gasteiger charge is 2.31. The van der Waals surface area contributed by atoms with E-state index < -0.39 is 18.4 Å². The third-order valence-electron chi connectivity index (χ3n) is 2.47. The summed E-state index contributed by atoms with van der Waals surface area (Å²) in [4.78, 5) is 8.17. The van der Waals surface area contributed by atoms with Crippen LogP contribution in [-0.4, -0.2) is 33.9 Å². The number of hydrogen-bond acceptors (Lipinski definition) is 5. The van der Waals surface area contributed by atoms with Crippen LogP contribution in [-0.2, 0) is 4.84 Å². The summed E-state index contributed by atoms with van der Waals surface area (Å²) in [5.74, 6) is -0.427. The molecule has 22 heavy (non-hydrogen) atoms. The van der Waals surface area contributed by atoms with E-state index in [-0.39, 0.29) is 11.3 Å². The maximum atomic E-state index is 14.3. The van der Waals surface area contributed by atoms with Crippen LogP contribution in [0.25, 0.3) is 0 Å². The van der Waals surface area contributed by atoms with Crippen LogP contribution in [0.3, 0.4) is 0 Å². The molecule has 6 nitrogen and oxygen atoms in total. The van der Waals surface area contributed by atoms with Crippen molar-refractivity contribution >= 4 is 5.71 Å². The third-order valence-corrected chi connectivity index (χ3v) is 2.47. The SMILES string of the molecule is CON=C(c1ccc(OC(F)(F)F)cc1)C(F)n1cncn1. The zero-order valence-electron chi connectivity index (χ0n) is 11.2. The molecular weight excluding hydrogens is 308 g/mol. The van der Waals surface area contributed by atoms with Crippen molar-refractivity contribution in [2.45, 2.75) is 12.7 Å². The highest BCUT2D eigenvalue weighted by atomic mass is 19.4. The van der Waals surface area contributed by atoms with Crippen LogP contribution >= 0.6 is 0 Å². The van der Waals surface area contributed by atoms with Gasteiger partial charge in [-0.25, -0.2) is 14.1 Å². The molecule has 0 aliphatic rings. The molecule has 1 aromatic carbocycles. The van der Waals surface area contributed by atoms with Gasteiger partial charge in [0.1, 0.15) is 31.2 Å². The quantitative estimate of drug-likeness (QED) is 0.483. The standard InChI is InChI=1S/C12H10F4N4O2/c1-21-19-10(11(13)20-7-17-6-18-20)8-2-4-9(5-3-8)22-12(14,15)16/h2-7,11H,1H3. The molecule has 2 aromatic rings. The van der Waals surface area contributed by atoms with Crippen molar-refractivity contribution < 1.29 is 27.1 Å². The van der Waals surface area contributed by atoms with Gasteiger partial charge in [0, 0.05) is 5.56 Å². The van der Waals surface area contributed by atoms with Crippen LogP contribution in [0, 0.1) is 0 Å². The van der Waals surface area contributed by atoms with E-state index in [1.165, 1.54) is 19.2 Å². The Kier molecular flexibility index (Phi) is 4.59. The second kappa shape index (κ2) is 6.41. The van der Waals surface area contributed by atoms with Crippen LogP contribution in [0.4, 0.5) is 17.6 Å². The number of oxime groups is 1. The molecule has 0 N–H and O–H groups in total. The second-order valence-electron chi connectivity index (χ2n) is 3.94. The maximum Gasteiger partial charge on any atom is 0.573 e. The number of ether oxygens (including phenoxy) is 1. The molecule has 2 rings (SSSR count). The van der Waals surface area contributed by atoms with Gasteiger partial charge < -0.3 is 9.57 Å². The van der Waals surface area contributed by atoms with Gasteiger partial charge in [-0.3, -0.25) is 0 Å². The average Bonchev–Trinajstić information content (AvgIpc) is 2.97. The summed E-state index contributed by atoms with van der Waals surface area (Å²) >= 11 is 0. The first-order valence-corrected chi connectivity index (χ1v) is 5.86. The van der Waals surface area contributed by atoms with Crippen molar-refractivity contribution in [3.63, 3.8) is 0 Å². The summed E-state index contributed by atoms with van der Waals surface area (Å²) in [6.45, 7) is 0. The van der Waals surface area contributed by atoms with Crippen LogP contribution in [0.1, 0.15) is 11.9 Å². The molecule has 0 fully saturated rings. The van der Waals surface area contributed by atoms with Gasteiger partial charge in [-0.2, -0.15) is 5.10 Å². The number of hydrogen-bond donors (Lipinski definition) is 0.